The molecule has 0 aliphatic carbocycles. The first-order valence-electron chi connectivity index (χ1n) is 8.23. The molecule has 0 aromatic heterocycles. The Morgan fingerprint density at radius 1 is 1.04 bits per heavy atom. The van der Waals surface area contributed by atoms with Crippen molar-refractivity contribution < 1.29 is 4.79 Å². The summed E-state index contributed by atoms with van der Waals surface area (Å²) in [6.07, 6.45) is 2.05. The molecule has 23 heavy (non-hydrogen) atoms. The zero-order chi connectivity index (χ0) is 15.8. The maximum atomic E-state index is 13.2. The van der Waals surface area contributed by atoms with E-state index < -0.39 is 0 Å². The van der Waals surface area contributed by atoms with E-state index in [9.17, 15) is 4.79 Å². The zero-order valence-electron chi connectivity index (χ0n) is 13.4. The maximum Gasteiger partial charge on any atom is 0.258 e. The van der Waals surface area contributed by atoms with Crippen LogP contribution in [-0.2, 0) is 6.42 Å². The summed E-state index contributed by atoms with van der Waals surface area (Å²) in [6, 6.07) is 14.2. The first kappa shape index (κ1) is 14.1. The van der Waals surface area contributed by atoms with Gasteiger partial charge in [-0.1, -0.05) is 18.2 Å². The highest BCUT2D eigenvalue weighted by Gasteiger charge is 2.28. The van der Waals surface area contributed by atoms with E-state index in [2.05, 4.69) is 29.4 Å². The van der Waals surface area contributed by atoms with E-state index >= 15 is 0 Å². The van der Waals surface area contributed by atoms with Gasteiger partial charge in [-0.2, -0.15) is 0 Å². The third-order valence-electron chi connectivity index (χ3n) is 4.81. The predicted molar refractivity (Wildman–Crippen MR) is 94.6 cm³/mol. The Labute approximate surface area is 136 Å². The molecule has 2 aromatic rings. The van der Waals surface area contributed by atoms with Gasteiger partial charge in [0.25, 0.3) is 5.91 Å². The lowest BCUT2D eigenvalue weighted by Crippen LogP contribution is -2.43. The van der Waals surface area contributed by atoms with E-state index in [0.717, 1.165) is 55.1 Å². The number of nitrogens with one attached hydrogen (secondary N) is 1. The van der Waals surface area contributed by atoms with Crippen molar-refractivity contribution in [3.8, 4) is 0 Å². The fourth-order valence-electron chi connectivity index (χ4n) is 3.57. The van der Waals surface area contributed by atoms with E-state index in [4.69, 9.17) is 0 Å². The molecule has 4 rings (SSSR count). The number of hydrogen-bond donors (Lipinski definition) is 1. The lowest BCUT2D eigenvalue weighted by Gasteiger charge is -2.36. The van der Waals surface area contributed by atoms with Crippen molar-refractivity contribution in [2.75, 3.05) is 41.8 Å². The first-order chi connectivity index (χ1) is 11.3. The molecule has 1 amide bonds. The molecule has 118 valence electrons. The van der Waals surface area contributed by atoms with Crippen molar-refractivity contribution >= 4 is 23.0 Å². The SMILES string of the molecule is CN1CCN(C(=O)c2cccc3c2CCCN3)c2ccccc21. The van der Waals surface area contributed by atoms with Crippen LogP contribution in [0.3, 0.4) is 0 Å². The lowest BCUT2D eigenvalue weighted by molar-refractivity contribution is 0.0986. The number of para-hydroxylation sites is 2. The van der Waals surface area contributed by atoms with Gasteiger partial charge in [0.2, 0.25) is 0 Å². The Balaban J connectivity index is 1.75. The Bertz CT molecular complexity index is 756. The number of anilines is 3. The molecule has 1 N–H and O–H groups in total. The number of carbonyl (C=O) groups excluding carboxylic acids is 1. The highest BCUT2D eigenvalue weighted by molar-refractivity contribution is 6.10. The number of likely N-dealkylation sites (N-methyl/N-ethyl adjacent to an activating group) is 1. The van der Waals surface area contributed by atoms with Crippen LogP contribution < -0.4 is 15.1 Å². The predicted octanol–water partition coefficient (Wildman–Crippen LogP) is 3.14. The van der Waals surface area contributed by atoms with Gasteiger partial charge in [-0.15, -0.1) is 0 Å². The summed E-state index contributed by atoms with van der Waals surface area (Å²) in [5.74, 6) is 0.117. The fourth-order valence-corrected chi connectivity index (χ4v) is 3.57. The smallest absolute Gasteiger partial charge is 0.258 e. The Morgan fingerprint density at radius 3 is 2.74 bits per heavy atom. The molecule has 0 saturated heterocycles. The summed E-state index contributed by atoms with van der Waals surface area (Å²) in [6.45, 7) is 2.57. The third kappa shape index (κ3) is 2.34. The van der Waals surface area contributed by atoms with Gasteiger partial charge in [-0.25, -0.2) is 0 Å². The lowest BCUT2D eigenvalue weighted by atomic mass is 9.96. The van der Waals surface area contributed by atoms with Crippen molar-refractivity contribution in [1.82, 2.24) is 0 Å². The summed E-state index contributed by atoms with van der Waals surface area (Å²) in [7, 11) is 2.08. The van der Waals surface area contributed by atoms with Gasteiger partial charge in [0.05, 0.1) is 11.4 Å². The minimum absolute atomic E-state index is 0.117. The number of carbonyl (C=O) groups is 1. The van der Waals surface area contributed by atoms with Crippen molar-refractivity contribution in [3.63, 3.8) is 0 Å². The van der Waals surface area contributed by atoms with Crippen LogP contribution in [0.25, 0.3) is 0 Å². The van der Waals surface area contributed by atoms with Crippen molar-refractivity contribution in [3.05, 3.63) is 53.6 Å². The molecule has 0 bridgehead atoms. The van der Waals surface area contributed by atoms with E-state index in [1.165, 1.54) is 5.56 Å². The molecule has 0 atom stereocenters. The molecule has 0 unspecified atom stereocenters. The number of benzene rings is 2. The van der Waals surface area contributed by atoms with E-state index in [-0.39, 0.29) is 5.91 Å². The van der Waals surface area contributed by atoms with Crippen LogP contribution in [0, 0.1) is 0 Å². The highest BCUT2D eigenvalue weighted by Crippen LogP contribution is 2.34. The van der Waals surface area contributed by atoms with Crippen molar-refractivity contribution in [2.45, 2.75) is 12.8 Å². The Morgan fingerprint density at radius 2 is 1.87 bits per heavy atom. The number of amides is 1. The average molecular weight is 307 g/mol. The molecular formula is C19H21N3O. The quantitative estimate of drug-likeness (QED) is 0.879. The average Bonchev–Trinajstić information content (AvgIpc) is 2.61. The number of fused-ring (bicyclic) bond motifs is 2. The molecule has 2 aromatic carbocycles. The summed E-state index contributed by atoms with van der Waals surface area (Å²) in [5, 5.41) is 3.41. The highest BCUT2D eigenvalue weighted by atomic mass is 16.2. The molecular weight excluding hydrogens is 286 g/mol. The molecule has 2 aliphatic rings. The minimum atomic E-state index is 0.117. The summed E-state index contributed by atoms with van der Waals surface area (Å²) in [4.78, 5) is 17.4. The Kier molecular flexibility index (Phi) is 3.45. The summed E-state index contributed by atoms with van der Waals surface area (Å²) < 4.78 is 0. The van der Waals surface area contributed by atoms with Gasteiger partial charge < -0.3 is 15.1 Å². The topological polar surface area (TPSA) is 35.6 Å². The number of rotatable bonds is 1. The number of nitrogens with zero attached hydrogens (tertiary/aromatic N) is 2. The molecule has 0 spiro atoms. The minimum Gasteiger partial charge on any atom is -0.385 e. The van der Waals surface area contributed by atoms with Gasteiger partial charge >= 0.3 is 0 Å². The second kappa shape index (κ2) is 5.61. The second-order valence-corrected chi connectivity index (χ2v) is 6.23. The molecule has 2 heterocycles. The standard InChI is InChI=1S/C19H21N3O/c1-21-12-13-22(18-10-3-2-9-17(18)21)19(23)15-6-4-8-16-14(15)7-5-11-20-16/h2-4,6,8-10,20H,5,7,11-13H2,1H3. The molecule has 4 nitrogen and oxygen atoms in total. The molecule has 4 heteroatoms. The van der Waals surface area contributed by atoms with E-state index in [1.807, 2.05) is 35.2 Å². The number of hydrogen-bond acceptors (Lipinski definition) is 3. The monoisotopic (exact) mass is 307 g/mol. The molecule has 2 aliphatic heterocycles. The normalized spacial score (nSPS) is 16.4. The van der Waals surface area contributed by atoms with Gasteiger partial charge in [-0.3, -0.25) is 4.79 Å². The van der Waals surface area contributed by atoms with Crippen LogP contribution in [0.5, 0.6) is 0 Å². The first-order valence-corrected chi connectivity index (χ1v) is 8.23. The Hall–Kier alpha value is -2.49. The van der Waals surface area contributed by atoms with Crippen molar-refractivity contribution in [2.24, 2.45) is 0 Å². The van der Waals surface area contributed by atoms with E-state index in [0.29, 0.717) is 0 Å². The van der Waals surface area contributed by atoms with Crippen LogP contribution in [-0.4, -0.2) is 32.6 Å². The maximum absolute atomic E-state index is 13.2. The van der Waals surface area contributed by atoms with Crippen LogP contribution in [0.15, 0.2) is 42.5 Å². The third-order valence-corrected chi connectivity index (χ3v) is 4.81. The second-order valence-electron chi connectivity index (χ2n) is 6.23. The van der Waals surface area contributed by atoms with Gasteiger partial charge in [0.15, 0.2) is 0 Å². The van der Waals surface area contributed by atoms with Crippen LogP contribution in [0.2, 0.25) is 0 Å². The largest absolute Gasteiger partial charge is 0.385 e. The van der Waals surface area contributed by atoms with Gasteiger partial charge in [-0.05, 0) is 42.7 Å². The van der Waals surface area contributed by atoms with Crippen LogP contribution in [0.1, 0.15) is 22.3 Å². The molecule has 0 fully saturated rings. The van der Waals surface area contributed by atoms with Crippen LogP contribution >= 0.6 is 0 Å². The van der Waals surface area contributed by atoms with Gasteiger partial charge in [0, 0.05) is 37.9 Å². The van der Waals surface area contributed by atoms with Crippen molar-refractivity contribution in [1.29, 1.82) is 0 Å². The fraction of sp³-hybridized carbons (Fsp3) is 0.316. The zero-order valence-corrected chi connectivity index (χ0v) is 13.4. The molecule has 0 saturated carbocycles. The van der Waals surface area contributed by atoms with E-state index in [1.54, 1.807) is 0 Å². The summed E-state index contributed by atoms with van der Waals surface area (Å²) in [5.41, 5.74) is 5.25. The van der Waals surface area contributed by atoms with Gasteiger partial charge in [0.1, 0.15) is 0 Å². The van der Waals surface area contributed by atoms with Crippen LogP contribution in [0.4, 0.5) is 17.1 Å². The molecule has 0 radical (unpaired) electrons. The summed E-state index contributed by atoms with van der Waals surface area (Å²) >= 11 is 0.